The number of halogens is 2. The minimum Gasteiger partial charge on any atom is -0.347 e. The molecule has 108 valence electrons. The highest BCUT2D eigenvalue weighted by Crippen LogP contribution is 2.39. The maximum absolute atomic E-state index is 12.3. The van der Waals surface area contributed by atoms with Crippen molar-refractivity contribution in [3.05, 3.63) is 37.9 Å². The van der Waals surface area contributed by atoms with Gasteiger partial charge in [0, 0.05) is 17.7 Å². The van der Waals surface area contributed by atoms with Crippen molar-refractivity contribution in [1.29, 1.82) is 0 Å². The molecule has 0 heterocycles. The van der Waals surface area contributed by atoms with E-state index in [-0.39, 0.29) is 26.8 Å². The molecule has 0 spiro atoms. The summed E-state index contributed by atoms with van der Waals surface area (Å²) in [6.07, 6.45) is 2.13. The second-order valence-electron chi connectivity index (χ2n) is 5.50. The van der Waals surface area contributed by atoms with E-state index in [2.05, 4.69) is 5.32 Å². The lowest BCUT2D eigenvalue weighted by Gasteiger charge is -2.26. The van der Waals surface area contributed by atoms with E-state index in [0.29, 0.717) is 5.92 Å². The molecule has 20 heavy (non-hydrogen) atoms. The molecular formula is C13H14Cl2N2O3. The summed E-state index contributed by atoms with van der Waals surface area (Å²) in [6.45, 7) is 3.85. The first-order chi connectivity index (χ1) is 9.22. The Kier molecular flexibility index (Phi) is 3.93. The Bertz CT molecular complexity index is 583. The normalized spacial score (nSPS) is 15.0. The van der Waals surface area contributed by atoms with E-state index in [1.807, 2.05) is 13.8 Å². The van der Waals surface area contributed by atoms with Crippen molar-refractivity contribution in [2.24, 2.45) is 5.92 Å². The van der Waals surface area contributed by atoms with Crippen molar-refractivity contribution >= 4 is 34.8 Å². The Morgan fingerprint density at radius 1 is 1.40 bits per heavy atom. The van der Waals surface area contributed by atoms with Crippen LogP contribution < -0.4 is 5.32 Å². The number of hydrogen-bond acceptors (Lipinski definition) is 3. The molecule has 0 saturated heterocycles. The molecule has 0 atom stereocenters. The molecule has 2 rings (SSSR count). The van der Waals surface area contributed by atoms with Gasteiger partial charge in [0.25, 0.3) is 11.6 Å². The summed E-state index contributed by atoms with van der Waals surface area (Å²) < 4.78 is 0. The van der Waals surface area contributed by atoms with Crippen molar-refractivity contribution < 1.29 is 9.72 Å². The fraction of sp³-hybridized carbons (Fsp3) is 0.462. The van der Waals surface area contributed by atoms with Crippen LogP contribution in [0.1, 0.15) is 37.0 Å². The Morgan fingerprint density at radius 2 is 2.00 bits per heavy atom. The van der Waals surface area contributed by atoms with E-state index in [0.717, 1.165) is 25.0 Å². The van der Waals surface area contributed by atoms with Gasteiger partial charge < -0.3 is 5.32 Å². The van der Waals surface area contributed by atoms with Crippen LogP contribution in [0.15, 0.2) is 12.1 Å². The van der Waals surface area contributed by atoms with Crippen LogP contribution >= 0.6 is 23.2 Å². The molecule has 1 amide bonds. The molecule has 1 aliphatic carbocycles. The van der Waals surface area contributed by atoms with Gasteiger partial charge in [-0.1, -0.05) is 23.2 Å². The highest BCUT2D eigenvalue weighted by atomic mass is 35.5. The minimum atomic E-state index is -0.606. The summed E-state index contributed by atoms with van der Waals surface area (Å²) in [5.41, 5.74) is -0.592. The Labute approximate surface area is 126 Å². The van der Waals surface area contributed by atoms with Crippen LogP contribution in [-0.4, -0.2) is 16.4 Å². The first kappa shape index (κ1) is 15.1. The summed E-state index contributed by atoms with van der Waals surface area (Å²) in [5.74, 6) is -0.0168. The van der Waals surface area contributed by atoms with Gasteiger partial charge in [0.15, 0.2) is 0 Å². The van der Waals surface area contributed by atoms with Crippen molar-refractivity contribution in [3.63, 3.8) is 0 Å². The van der Waals surface area contributed by atoms with Gasteiger partial charge >= 0.3 is 0 Å². The highest BCUT2D eigenvalue weighted by Gasteiger charge is 2.39. The number of rotatable bonds is 4. The molecule has 1 N–H and O–H groups in total. The molecule has 0 radical (unpaired) electrons. The van der Waals surface area contributed by atoms with Gasteiger partial charge in [-0.25, -0.2) is 0 Å². The van der Waals surface area contributed by atoms with Crippen LogP contribution in [-0.2, 0) is 0 Å². The molecule has 1 saturated carbocycles. The van der Waals surface area contributed by atoms with E-state index in [4.69, 9.17) is 23.2 Å². The van der Waals surface area contributed by atoms with E-state index < -0.39 is 10.8 Å². The molecule has 1 aromatic carbocycles. The number of carbonyl (C=O) groups excluding carboxylic acids is 1. The number of hydrogen-bond donors (Lipinski definition) is 1. The third kappa shape index (κ3) is 3.04. The second kappa shape index (κ2) is 5.22. The summed E-state index contributed by atoms with van der Waals surface area (Å²) in [4.78, 5) is 22.5. The molecule has 0 aromatic heterocycles. The monoisotopic (exact) mass is 316 g/mol. The van der Waals surface area contributed by atoms with Crippen LogP contribution in [0.2, 0.25) is 10.0 Å². The Balaban J connectivity index is 2.31. The zero-order chi connectivity index (χ0) is 15.1. The molecule has 1 aromatic rings. The summed E-state index contributed by atoms with van der Waals surface area (Å²) in [7, 11) is 0. The molecule has 0 bridgehead atoms. The van der Waals surface area contributed by atoms with Gasteiger partial charge in [-0.05, 0) is 32.6 Å². The number of non-ortho nitro benzene ring substituents is 1. The van der Waals surface area contributed by atoms with Crippen LogP contribution in [0.25, 0.3) is 0 Å². The van der Waals surface area contributed by atoms with E-state index in [1.165, 1.54) is 0 Å². The van der Waals surface area contributed by atoms with Gasteiger partial charge in [0.2, 0.25) is 0 Å². The number of carbonyl (C=O) groups is 1. The molecule has 5 nitrogen and oxygen atoms in total. The predicted molar refractivity (Wildman–Crippen MR) is 77.4 cm³/mol. The lowest BCUT2D eigenvalue weighted by atomic mass is 9.98. The molecule has 0 unspecified atom stereocenters. The second-order valence-corrected chi connectivity index (χ2v) is 6.28. The van der Waals surface area contributed by atoms with Gasteiger partial charge in [-0.15, -0.1) is 0 Å². The highest BCUT2D eigenvalue weighted by molar-refractivity contribution is 6.44. The number of nitro benzene ring substituents is 1. The lowest BCUT2D eigenvalue weighted by molar-refractivity contribution is -0.384. The van der Waals surface area contributed by atoms with E-state index in [9.17, 15) is 14.9 Å². The number of amides is 1. The van der Waals surface area contributed by atoms with E-state index in [1.54, 1.807) is 0 Å². The van der Waals surface area contributed by atoms with Crippen molar-refractivity contribution in [2.45, 2.75) is 32.2 Å². The smallest absolute Gasteiger partial charge is 0.271 e. The van der Waals surface area contributed by atoms with Crippen molar-refractivity contribution in [3.8, 4) is 0 Å². The number of benzene rings is 1. The number of nitrogens with one attached hydrogen (secondary N) is 1. The van der Waals surface area contributed by atoms with Crippen LogP contribution in [0.4, 0.5) is 5.69 Å². The van der Waals surface area contributed by atoms with Crippen LogP contribution in [0, 0.1) is 16.0 Å². The Hall–Kier alpha value is -1.33. The van der Waals surface area contributed by atoms with Crippen LogP contribution in [0.3, 0.4) is 0 Å². The average molecular weight is 317 g/mol. The number of nitrogens with zero attached hydrogens (tertiary/aromatic N) is 1. The molecule has 1 fully saturated rings. The third-order valence-corrected chi connectivity index (χ3v) is 4.30. The van der Waals surface area contributed by atoms with Gasteiger partial charge in [-0.3, -0.25) is 14.9 Å². The van der Waals surface area contributed by atoms with Crippen molar-refractivity contribution in [2.75, 3.05) is 0 Å². The van der Waals surface area contributed by atoms with E-state index >= 15 is 0 Å². The van der Waals surface area contributed by atoms with Gasteiger partial charge in [0.1, 0.15) is 0 Å². The third-order valence-electron chi connectivity index (χ3n) is 3.50. The van der Waals surface area contributed by atoms with Crippen molar-refractivity contribution in [1.82, 2.24) is 5.32 Å². The zero-order valence-corrected chi connectivity index (χ0v) is 12.6. The molecule has 0 aliphatic heterocycles. The zero-order valence-electron chi connectivity index (χ0n) is 11.1. The quantitative estimate of drug-likeness (QED) is 0.678. The topological polar surface area (TPSA) is 72.2 Å². The largest absolute Gasteiger partial charge is 0.347 e. The fourth-order valence-corrected chi connectivity index (χ4v) is 2.52. The predicted octanol–water partition coefficient (Wildman–Crippen LogP) is 3.82. The maximum atomic E-state index is 12.3. The van der Waals surface area contributed by atoms with Gasteiger partial charge in [0.05, 0.1) is 20.5 Å². The first-order valence-electron chi connectivity index (χ1n) is 6.18. The van der Waals surface area contributed by atoms with Crippen LogP contribution in [0.5, 0.6) is 0 Å². The first-order valence-corrected chi connectivity index (χ1v) is 6.94. The standard InChI is InChI=1S/C13H14Cl2N2O3/c1-13(2,7-3-4-7)16-12(18)9-5-8(17(19)20)6-10(14)11(9)15/h5-7H,3-4H2,1-2H3,(H,16,18). The van der Waals surface area contributed by atoms with Gasteiger partial charge in [-0.2, -0.15) is 0 Å². The minimum absolute atomic E-state index is 0.00440. The SMILES string of the molecule is CC(C)(NC(=O)c1cc([N+](=O)[O-])cc(Cl)c1Cl)C1CC1. The fourth-order valence-electron chi connectivity index (χ4n) is 2.11. The molecular weight excluding hydrogens is 303 g/mol. The summed E-state index contributed by atoms with van der Waals surface area (Å²) >= 11 is 11.8. The lowest BCUT2D eigenvalue weighted by Crippen LogP contribution is -2.45. The molecule has 7 heteroatoms. The Morgan fingerprint density at radius 3 is 2.50 bits per heavy atom. The maximum Gasteiger partial charge on any atom is 0.271 e. The number of nitro groups is 1. The summed E-state index contributed by atoms with van der Waals surface area (Å²) in [5, 5.41) is 13.7. The average Bonchev–Trinajstić information content (AvgIpc) is 3.15. The summed E-state index contributed by atoms with van der Waals surface area (Å²) in [6, 6.07) is 2.28. The molecule has 1 aliphatic rings.